The Labute approximate surface area is 78.1 Å². The van der Waals surface area contributed by atoms with E-state index in [1.807, 2.05) is 0 Å². The summed E-state index contributed by atoms with van der Waals surface area (Å²) in [5.74, 6) is 2.40. The van der Waals surface area contributed by atoms with E-state index in [-0.39, 0.29) is 0 Å². The topological polar surface area (TPSA) is 54.5 Å². The summed E-state index contributed by atoms with van der Waals surface area (Å²) < 4.78 is 0. The van der Waals surface area contributed by atoms with Gasteiger partial charge in [0.15, 0.2) is 5.82 Å². The van der Waals surface area contributed by atoms with Gasteiger partial charge >= 0.3 is 0 Å². The first-order valence-electron chi connectivity index (χ1n) is 5.13. The molecule has 72 valence electrons. The van der Waals surface area contributed by atoms with E-state index in [0.29, 0.717) is 5.92 Å². The van der Waals surface area contributed by atoms with Gasteiger partial charge < -0.3 is 0 Å². The third-order valence-corrected chi connectivity index (χ3v) is 3.15. The average molecular weight is 180 g/mol. The Morgan fingerprint density at radius 2 is 2.08 bits per heavy atom. The number of tetrazole rings is 1. The zero-order valence-electron chi connectivity index (χ0n) is 8.03. The van der Waals surface area contributed by atoms with Crippen LogP contribution in [0.2, 0.25) is 0 Å². The van der Waals surface area contributed by atoms with Gasteiger partial charge in [-0.25, -0.2) is 0 Å². The first kappa shape index (κ1) is 8.66. The van der Waals surface area contributed by atoms with Crippen molar-refractivity contribution in [2.75, 3.05) is 0 Å². The van der Waals surface area contributed by atoms with E-state index in [4.69, 9.17) is 0 Å². The van der Waals surface area contributed by atoms with Crippen molar-refractivity contribution < 1.29 is 0 Å². The van der Waals surface area contributed by atoms with Crippen LogP contribution in [0.4, 0.5) is 0 Å². The van der Waals surface area contributed by atoms with E-state index < -0.39 is 0 Å². The number of aromatic amines is 1. The van der Waals surface area contributed by atoms with Crippen molar-refractivity contribution >= 4 is 0 Å². The SMILES string of the molecule is CC[C@H]1CC[C@H](c2nn[nH]n2)CC1. The van der Waals surface area contributed by atoms with Gasteiger partial charge in [-0.2, -0.15) is 5.21 Å². The number of aromatic nitrogens is 4. The molecule has 1 aromatic heterocycles. The molecule has 0 radical (unpaired) electrons. The molecule has 13 heavy (non-hydrogen) atoms. The molecular formula is C9H16N4. The summed E-state index contributed by atoms with van der Waals surface area (Å²) in [6.07, 6.45) is 6.44. The Bertz CT molecular complexity index is 236. The number of rotatable bonds is 2. The van der Waals surface area contributed by atoms with Gasteiger partial charge in [0.1, 0.15) is 0 Å². The summed E-state index contributed by atoms with van der Waals surface area (Å²) in [6, 6.07) is 0. The Hall–Kier alpha value is -0.930. The van der Waals surface area contributed by atoms with E-state index in [9.17, 15) is 0 Å². The molecule has 2 rings (SSSR count). The van der Waals surface area contributed by atoms with Crippen LogP contribution in [0, 0.1) is 5.92 Å². The van der Waals surface area contributed by atoms with Crippen LogP contribution in [-0.4, -0.2) is 20.6 Å². The van der Waals surface area contributed by atoms with Crippen LogP contribution in [0.25, 0.3) is 0 Å². The molecule has 1 N–H and O–H groups in total. The molecule has 0 atom stereocenters. The second-order valence-corrected chi connectivity index (χ2v) is 3.90. The molecule has 0 aromatic carbocycles. The molecule has 0 aliphatic heterocycles. The molecule has 1 heterocycles. The van der Waals surface area contributed by atoms with Crippen LogP contribution in [0.5, 0.6) is 0 Å². The smallest absolute Gasteiger partial charge is 0.177 e. The van der Waals surface area contributed by atoms with Crippen LogP contribution in [0.15, 0.2) is 0 Å². The number of nitrogens with one attached hydrogen (secondary N) is 1. The molecule has 0 bridgehead atoms. The fourth-order valence-corrected chi connectivity index (χ4v) is 2.17. The summed E-state index contributed by atoms with van der Waals surface area (Å²) >= 11 is 0. The largest absolute Gasteiger partial charge is 0.177 e. The maximum absolute atomic E-state index is 4.04. The van der Waals surface area contributed by atoms with Gasteiger partial charge in [0, 0.05) is 5.92 Å². The van der Waals surface area contributed by atoms with E-state index in [2.05, 4.69) is 27.5 Å². The van der Waals surface area contributed by atoms with Gasteiger partial charge in [-0.15, -0.1) is 10.2 Å². The lowest BCUT2D eigenvalue weighted by Crippen LogP contribution is -2.13. The summed E-state index contributed by atoms with van der Waals surface area (Å²) in [7, 11) is 0. The zero-order chi connectivity index (χ0) is 9.10. The van der Waals surface area contributed by atoms with E-state index >= 15 is 0 Å². The van der Waals surface area contributed by atoms with Crippen molar-refractivity contribution in [3.8, 4) is 0 Å². The normalized spacial score (nSPS) is 29.0. The predicted molar refractivity (Wildman–Crippen MR) is 49.2 cm³/mol. The lowest BCUT2D eigenvalue weighted by Gasteiger charge is -2.25. The van der Waals surface area contributed by atoms with Gasteiger partial charge in [-0.1, -0.05) is 18.6 Å². The standard InChI is InChI=1S/C9H16N4/c1-2-7-3-5-8(6-4-7)9-10-12-13-11-9/h7-8H,2-6H2,1H3,(H,10,11,12,13)/t7-,8-. The highest BCUT2D eigenvalue weighted by Gasteiger charge is 2.23. The van der Waals surface area contributed by atoms with Crippen molar-refractivity contribution in [2.24, 2.45) is 5.92 Å². The first-order valence-corrected chi connectivity index (χ1v) is 5.13. The minimum absolute atomic E-state index is 0.557. The molecule has 0 saturated heterocycles. The lowest BCUT2D eigenvalue weighted by molar-refractivity contribution is 0.312. The third-order valence-electron chi connectivity index (χ3n) is 3.15. The maximum Gasteiger partial charge on any atom is 0.177 e. The maximum atomic E-state index is 4.04. The second kappa shape index (κ2) is 3.85. The second-order valence-electron chi connectivity index (χ2n) is 3.90. The highest BCUT2D eigenvalue weighted by Crippen LogP contribution is 2.34. The van der Waals surface area contributed by atoms with Gasteiger partial charge in [0.2, 0.25) is 0 Å². The van der Waals surface area contributed by atoms with Crippen molar-refractivity contribution in [2.45, 2.75) is 44.9 Å². The predicted octanol–water partition coefficient (Wildman–Crippen LogP) is 1.88. The summed E-state index contributed by atoms with van der Waals surface area (Å²) in [5.41, 5.74) is 0. The molecule has 1 aromatic rings. The molecule has 0 spiro atoms. The molecule has 4 heteroatoms. The Balaban J connectivity index is 1.92. The molecule has 4 nitrogen and oxygen atoms in total. The zero-order valence-corrected chi connectivity index (χ0v) is 8.03. The first-order chi connectivity index (χ1) is 6.40. The molecule has 1 saturated carbocycles. The highest BCUT2D eigenvalue weighted by molar-refractivity contribution is 4.93. The van der Waals surface area contributed by atoms with Crippen LogP contribution in [0.1, 0.15) is 50.8 Å². The van der Waals surface area contributed by atoms with Gasteiger partial charge in [0.05, 0.1) is 0 Å². The van der Waals surface area contributed by atoms with Crippen molar-refractivity contribution in [1.29, 1.82) is 0 Å². The van der Waals surface area contributed by atoms with Gasteiger partial charge in [-0.05, 0) is 31.6 Å². The molecule has 0 amide bonds. The van der Waals surface area contributed by atoms with Crippen molar-refractivity contribution in [3.05, 3.63) is 5.82 Å². The minimum atomic E-state index is 0.557. The molecule has 1 fully saturated rings. The van der Waals surface area contributed by atoms with E-state index in [1.54, 1.807) is 0 Å². The minimum Gasteiger partial charge on any atom is -0.177 e. The Morgan fingerprint density at radius 1 is 1.31 bits per heavy atom. The monoisotopic (exact) mass is 180 g/mol. The lowest BCUT2D eigenvalue weighted by atomic mass is 9.80. The van der Waals surface area contributed by atoms with Crippen LogP contribution in [0.3, 0.4) is 0 Å². The van der Waals surface area contributed by atoms with E-state index in [0.717, 1.165) is 11.7 Å². The Morgan fingerprint density at radius 3 is 2.62 bits per heavy atom. The van der Waals surface area contributed by atoms with Gasteiger partial charge in [-0.3, -0.25) is 0 Å². The van der Waals surface area contributed by atoms with Crippen molar-refractivity contribution in [1.82, 2.24) is 20.6 Å². The van der Waals surface area contributed by atoms with Crippen LogP contribution in [-0.2, 0) is 0 Å². The molecule has 1 aliphatic carbocycles. The van der Waals surface area contributed by atoms with Gasteiger partial charge in [0.25, 0.3) is 0 Å². The third kappa shape index (κ3) is 1.87. The molecular weight excluding hydrogens is 164 g/mol. The van der Waals surface area contributed by atoms with Crippen LogP contribution < -0.4 is 0 Å². The fourth-order valence-electron chi connectivity index (χ4n) is 2.17. The Kier molecular flexibility index (Phi) is 2.57. The fraction of sp³-hybridized carbons (Fsp3) is 0.889. The summed E-state index contributed by atoms with van der Waals surface area (Å²) in [5, 5.41) is 14.2. The average Bonchev–Trinajstić information content (AvgIpc) is 2.71. The molecule has 1 aliphatic rings. The van der Waals surface area contributed by atoms with E-state index in [1.165, 1.54) is 32.1 Å². The molecule has 0 unspecified atom stereocenters. The summed E-state index contributed by atoms with van der Waals surface area (Å²) in [4.78, 5) is 0. The quantitative estimate of drug-likeness (QED) is 0.756. The highest BCUT2D eigenvalue weighted by atomic mass is 15.5. The number of H-pyrrole nitrogens is 1. The number of nitrogens with zero attached hydrogens (tertiary/aromatic N) is 3. The summed E-state index contributed by atoms with van der Waals surface area (Å²) in [6.45, 7) is 2.28. The number of hydrogen-bond donors (Lipinski definition) is 1. The number of hydrogen-bond acceptors (Lipinski definition) is 3. The van der Waals surface area contributed by atoms with Crippen LogP contribution >= 0.6 is 0 Å². The van der Waals surface area contributed by atoms with Crippen molar-refractivity contribution in [3.63, 3.8) is 0 Å².